The molecule has 6 nitrogen and oxygen atoms in total. The molecule has 3 heterocycles. The maximum absolute atomic E-state index is 6.01. The Bertz CT molecular complexity index is 626. The van der Waals surface area contributed by atoms with Crippen molar-refractivity contribution >= 4 is 29.9 Å². The van der Waals surface area contributed by atoms with Gasteiger partial charge in [-0.25, -0.2) is 0 Å². The number of aromatic nitrogens is 1. The first-order chi connectivity index (χ1) is 11.8. The van der Waals surface area contributed by atoms with Gasteiger partial charge in [0.15, 0.2) is 5.96 Å². The van der Waals surface area contributed by atoms with E-state index in [1.807, 2.05) is 30.3 Å². The molecule has 0 saturated carbocycles. The Kier molecular flexibility index (Phi) is 8.20. The van der Waals surface area contributed by atoms with Crippen LogP contribution in [0.1, 0.15) is 30.3 Å². The number of likely N-dealkylation sites (tertiary alicyclic amines) is 1. The van der Waals surface area contributed by atoms with Gasteiger partial charge in [0.1, 0.15) is 5.76 Å². The van der Waals surface area contributed by atoms with Gasteiger partial charge < -0.3 is 15.5 Å². The van der Waals surface area contributed by atoms with Crippen LogP contribution in [0.5, 0.6) is 0 Å². The van der Waals surface area contributed by atoms with Crippen molar-refractivity contribution in [2.45, 2.75) is 25.3 Å². The lowest BCUT2D eigenvalue weighted by molar-refractivity contribution is 0.221. The Morgan fingerprint density at radius 1 is 1.28 bits per heavy atom. The van der Waals surface area contributed by atoms with Gasteiger partial charge in [0.25, 0.3) is 0 Å². The van der Waals surface area contributed by atoms with E-state index in [1.54, 1.807) is 12.5 Å². The third-order valence-electron chi connectivity index (χ3n) is 4.30. The number of pyridine rings is 1. The molecular formula is C18H26IN5O. The van der Waals surface area contributed by atoms with Crippen LogP contribution in [0.25, 0.3) is 0 Å². The molecule has 2 aromatic heterocycles. The summed E-state index contributed by atoms with van der Waals surface area (Å²) in [6, 6.07) is 10.0. The van der Waals surface area contributed by atoms with Gasteiger partial charge in [-0.1, -0.05) is 6.07 Å². The highest BCUT2D eigenvalue weighted by atomic mass is 127. The van der Waals surface area contributed by atoms with Gasteiger partial charge in [-0.15, -0.1) is 24.0 Å². The van der Waals surface area contributed by atoms with Crippen molar-refractivity contribution in [2.24, 2.45) is 10.7 Å². The van der Waals surface area contributed by atoms with Crippen molar-refractivity contribution in [3.05, 3.63) is 54.2 Å². The summed E-state index contributed by atoms with van der Waals surface area (Å²) >= 11 is 0. The van der Waals surface area contributed by atoms with Crippen LogP contribution in [-0.4, -0.2) is 42.0 Å². The number of rotatable bonds is 7. The Hall–Kier alpha value is -1.61. The summed E-state index contributed by atoms with van der Waals surface area (Å²) in [5.74, 6) is 1.43. The smallest absolute Gasteiger partial charge is 0.188 e. The topological polar surface area (TPSA) is 79.7 Å². The van der Waals surface area contributed by atoms with Crippen LogP contribution in [0.2, 0.25) is 0 Å². The molecule has 1 atom stereocenters. The summed E-state index contributed by atoms with van der Waals surface area (Å²) in [5.41, 5.74) is 7.05. The Morgan fingerprint density at radius 2 is 2.12 bits per heavy atom. The van der Waals surface area contributed by atoms with E-state index in [2.05, 4.69) is 20.2 Å². The zero-order valence-corrected chi connectivity index (χ0v) is 16.6. The highest BCUT2D eigenvalue weighted by molar-refractivity contribution is 14.0. The molecule has 3 N–H and O–H groups in total. The standard InChI is InChI=1S/C18H25N5O.HI/c19-18(21-10-8-15-6-1-2-9-20-15)22-14-16(17-7-5-13-24-17)23-11-3-4-12-23;/h1-2,5-7,9,13,16H,3-4,8,10-12,14H2,(H3,19,21,22);1H. The molecule has 0 aliphatic carbocycles. The molecule has 0 radical (unpaired) electrons. The second kappa shape index (κ2) is 10.4. The molecule has 0 amide bonds. The number of nitrogens with zero attached hydrogens (tertiary/aromatic N) is 3. The predicted molar refractivity (Wildman–Crippen MR) is 110 cm³/mol. The maximum atomic E-state index is 6.01. The van der Waals surface area contributed by atoms with E-state index < -0.39 is 0 Å². The fourth-order valence-corrected chi connectivity index (χ4v) is 3.02. The van der Waals surface area contributed by atoms with E-state index in [0.29, 0.717) is 12.5 Å². The van der Waals surface area contributed by atoms with Crippen molar-refractivity contribution in [3.8, 4) is 0 Å². The number of hydrogen-bond donors (Lipinski definition) is 2. The molecule has 0 spiro atoms. The van der Waals surface area contributed by atoms with Crippen LogP contribution in [-0.2, 0) is 6.42 Å². The average Bonchev–Trinajstić information content (AvgIpc) is 3.30. The zero-order chi connectivity index (χ0) is 16.6. The van der Waals surface area contributed by atoms with Gasteiger partial charge in [0, 0.05) is 24.9 Å². The van der Waals surface area contributed by atoms with Crippen LogP contribution in [0.15, 0.2) is 52.2 Å². The summed E-state index contributed by atoms with van der Waals surface area (Å²) in [4.78, 5) is 11.2. The minimum Gasteiger partial charge on any atom is -0.468 e. The van der Waals surface area contributed by atoms with Crippen LogP contribution in [0, 0.1) is 0 Å². The lowest BCUT2D eigenvalue weighted by Gasteiger charge is -2.24. The number of guanidine groups is 1. The van der Waals surface area contributed by atoms with Crippen LogP contribution in [0.3, 0.4) is 0 Å². The first-order valence-electron chi connectivity index (χ1n) is 8.54. The minimum absolute atomic E-state index is 0. The third-order valence-corrected chi connectivity index (χ3v) is 4.30. The fraction of sp³-hybridized carbons (Fsp3) is 0.444. The van der Waals surface area contributed by atoms with Crippen molar-refractivity contribution in [1.29, 1.82) is 0 Å². The molecular weight excluding hydrogens is 429 g/mol. The number of aliphatic imine (C=N–C) groups is 1. The number of furan rings is 1. The summed E-state index contributed by atoms with van der Waals surface area (Å²) in [6.07, 6.45) is 6.82. The number of nitrogens with one attached hydrogen (secondary N) is 1. The van der Waals surface area contributed by atoms with E-state index >= 15 is 0 Å². The molecule has 0 bridgehead atoms. The molecule has 1 unspecified atom stereocenters. The van der Waals surface area contributed by atoms with Gasteiger partial charge in [-0.3, -0.25) is 14.9 Å². The summed E-state index contributed by atoms with van der Waals surface area (Å²) < 4.78 is 5.60. The molecule has 1 fully saturated rings. The van der Waals surface area contributed by atoms with E-state index in [9.17, 15) is 0 Å². The quantitative estimate of drug-likeness (QED) is 0.381. The van der Waals surface area contributed by atoms with E-state index in [0.717, 1.165) is 37.5 Å². The second-order valence-electron chi connectivity index (χ2n) is 6.00. The van der Waals surface area contributed by atoms with Gasteiger partial charge in [0.2, 0.25) is 0 Å². The highest BCUT2D eigenvalue weighted by Gasteiger charge is 2.25. The maximum Gasteiger partial charge on any atom is 0.188 e. The average molecular weight is 455 g/mol. The first kappa shape index (κ1) is 19.7. The molecule has 1 aliphatic heterocycles. The molecule has 136 valence electrons. The third kappa shape index (κ3) is 6.00. The van der Waals surface area contributed by atoms with Crippen molar-refractivity contribution < 1.29 is 4.42 Å². The zero-order valence-electron chi connectivity index (χ0n) is 14.3. The molecule has 7 heteroatoms. The Morgan fingerprint density at radius 3 is 2.80 bits per heavy atom. The lowest BCUT2D eigenvalue weighted by Crippen LogP contribution is -2.35. The van der Waals surface area contributed by atoms with Crippen molar-refractivity contribution in [1.82, 2.24) is 15.2 Å². The highest BCUT2D eigenvalue weighted by Crippen LogP contribution is 2.25. The predicted octanol–water partition coefficient (Wildman–Crippen LogP) is 2.58. The van der Waals surface area contributed by atoms with E-state index in [1.165, 1.54) is 12.8 Å². The van der Waals surface area contributed by atoms with E-state index in [4.69, 9.17) is 10.2 Å². The van der Waals surface area contributed by atoms with Crippen LogP contribution < -0.4 is 11.1 Å². The number of halogens is 1. The monoisotopic (exact) mass is 455 g/mol. The lowest BCUT2D eigenvalue weighted by atomic mass is 10.2. The van der Waals surface area contributed by atoms with Crippen LogP contribution >= 0.6 is 24.0 Å². The Labute approximate surface area is 165 Å². The SMILES string of the molecule is I.NC(=NCC(c1ccco1)N1CCCC1)NCCc1ccccn1. The fourth-order valence-electron chi connectivity index (χ4n) is 3.02. The summed E-state index contributed by atoms with van der Waals surface area (Å²) in [5, 5.41) is 3.16. The van der Waals surface area contributed by atoms with Gasteiger partial charge in [0.05, 0.1) is 18.8 Å². The molecule has 1 aliphatic rings. The van der Waals surface area contributed by atoms with Gasteiger partial charge in [-0.2, -0.15) is 0 Å². The molecule has 25 heavy (non-hydrogen) atoms. The molecule has 0 aromatic carbocycles. The largest absolute Gasteiger partial charge is 0.468 e. The molecule has 3 rings (SSSR count). The van der Waals surface area contributed by atoms with Gasteiger partial charge in [-0.05, 0) is 50.2 Å². The molecule has 1 saturated heterocycles. The number of nitrogens with two attached hydrogens (primary N) is 1. The molecule has 2 aromatic rings. The van der Waals surface area contributed by atoms with Crippen molar-refractivity contribution in [3.63, 3.8) is 0 Å². The Balaban J connectivity index is 0.00000225. The summed E-state index contributed by atoms with van der Waals surface area (Å²) in [7, 11) is 0. The second-order valence-corrected chi connectivity index (χ2v) is 6.00. The minimum atomic E-state index is 0. The summed E-state index contributed by atoms with van der Waals surface area (Å²) in [6.45, 7) is 3.51. The normalized spacial score (nSPS) is 16.4. The first-order valence-corrected chi connectivity index (χ1v) is 8.54. The van der Waals surface area contributed by atoms with Crippen molar-refractivity contribution in [2.75, 3.05) is 26.2 Å². The van der Waals surface area contributed by atoms with E-state index in [-0.39, 0.29) is 30.0 Å². The van der Waals surface area contributed by atoms with Crippen LogP contribution in [0.4, 0.5) is 0 Å². The number of hydrogen-bond acceptors (Lipinski definition) is 4. The van der Waals surface area contributed by atoms with Gasteiger partial charge >= 0.3 is 0 Å².